The van der Waals surface area contributed by atoms with Crippen molar-refractivity contribution in [3.8, 4) is 0 Å². The fourth-order valence-corrected chi connectivity index (χ4v) is 3.13. The third-order valence-electron chi connectivity index (χ3n) is 4.33. The number of likely N-dealkylation sites (tertiary alicyclic amines) is 1. The van der Waals surface area contributed by atoms with Gasteiger partial charge in [0.1, 0.15) is 0 Å². The molecule has 2 nitrogen and oxygen atoms in total. The largest absolute Gasteiger partial charge is 0.326 e. The van der Waals surface area contributed by atoms with E-state index in [-0.39, 0.29) is 0 Å². The van der Waals surface area contributed by atoms with Crippen LogP contribution in [-0.4, -0.2) is 17.5 Å². The first kappa shape index (κ1) is 13.6. The Morgan fingerprint density at radius 2 is 1.94 bits per heavy atom. The molecule has 2 rings (SSSR count). The molecule has 2 N–H and O–H groups in total. The summed E-state index contributed by atoms with van der Waals surface area (Å²) in [7, 11) is 0. The molecule has 1 aliphatic heterocycles. The Morgan fingerprint density at radius 1 is 1.22 bits per heavy atom. The number of rotatable bonds is 3. The second kappa shape index (κ2) is 5.85. The molecular weight excluding hydrogens is 220 g/mol. The van der Waals surface area contributed by atoms with Crippen LogP contribution in [0.1, 0.15) is 38.3 Å². The van der Waals surface area contributed by atoms with Crippen molar-refractivity contribution in [2.75, 3.05) is 6.54 Å². The maximum Gasteiger partial charge on any atom is 0.0236 e. The van der Waals surface area contributed by atoms with Gasteiger partial charge in [-0.2, -0.15) is 0 Å². The maximum absolute atomic E-state index is 5.71. The van der Waals surface area contributed by atoms with Crippen molar-refractivity contribution in [2.24, 2.45) is 17.6 Å². The smallest absolute Gasteiger partial charge is 0.0236 e. The third-order valence-corrected chi connectivity index (χ3v) is 4.33. The molecule has 0 aliphatic carbocycles. The zero-order valence-corrected chi connectivity index (χ0v) is 11.9. The molecule has 0 radical (unpaired) electrons. The van der Waals surface area contributed by atoms with Crippen molar-refractivity contribution in [3.05, 3.63) is 35.4 Å². The zero-order chi connectivity index (χ0) is 13.1. The molecule has 1 saturated heterocycles. The summed E-state index contributed by atoms with van der Waals surface area (Å²) >= 11 is 0. The van der Waals surface area contributed by atoms with E-state index in [0.29, 0.717) is 12.6 Å². The van der Waals surface area contributed by atoms with E-state index in [1.54, 1.807) is 0 Å². The SMILES string of the molecule is CC1CC(C)C(C)N(Cc2cccc(CN)c2)C1. The summed E-state index contributed by atoms with van der Waals surface area (Å²) in [6, 6.07) is 9.38. The van der Waals surface area contributed by atoms with Gasteiger partial charge in [0.15, 0.2) is 0 Å². The van der Waals surface area contributed by atoms with Gasteiger partial charge >= 0.3 is 0 Å². The Balaban J connectivity index is 2.07. The number of hydrogen-bond donors (Lipinski definition) is 1. The molecule has 1 aromatic carbocycles. The van der Waals surface area contributed by atoms with Crippen LogP contribution in [0.25, 0.3) is 0 Å². The van der Waals surface area contributed by atoms with Crippen LogP contribution >= 0.6 is 0 Å². The van der Waals surface area contributed by atoms with Gasteiger partial charge in [0.05, 0.1) is 0 Å². The van der Waals surface area contributed by atoms with Gasteiger partial charge in [0.25, 0.3) is 0 Å². The Morgan fingerprint density at radius 3 is 2.67 bits per heavy atom. The predicted octanol–water partition coefficient (Wildman–Crippen LogP) is 3.01. The van der Waals surface area contributed by atoms with Crippen LogP contribution in [-0.2, 0) is 13.1 Å². The van der Waals surface area contributed by atoms with Crippen LogP contribution in [0.4, 0.5) is 0 Å². The molecule has 3 unspecified atom stereocenters. The van der Waals surface area contributed by atoms with Crippen molar-refractivity contribution < 1.29 is 0 Å². The minimum atomic E-state index is 0.635. The lowest BCUT2D eigenvalue weighted by Crippen LogP contribution is -2.45. The van der Waals surface area contributed by atoms with E-state index in [4.69, 9.17) is 5.73 Å². The highest BCUT2D eigenvalue weighted by molar-refractivity contribution is 5.23. The summed E-state index contributed by atoms with van der Waals surface area (Å²) in [6.45, 7) is 10.0. The summed E-state index contributed by atoms with van der Waals surface area (Å²) in [5.74, 6) is 1.61. The van der Waals surface area contributed by atoms with E-state index >= 15 is 0 Å². The summed E-state index contributed by atoms with van der Waals surface area (Å²) in [4.78, 5) is 2.62. The Bertz CT molecular complexity index is 388. The average molecular weight is 246 g/mol. The molecular formula is C16H26N2. The van der Waals surface area contributed by atoms with Crippen molar-refractivity contribution in [1.82, 2.24) is 4.90 Å². The number of hydrogen-bond acceptors (Lipinski definition) is 2. The molecule has 0 aromatic heterocycles. The number of nitrogens with zero attached hydrogens (tertiary/aromatic N) is 1. The topological polar surface area (TPSA) is 29.3 Å². The quantitative estimate of drug-likeness (QED) is 0.888. The second-order valence-electron chi connectivity index (χ2n) is 6.01. The maximum atomic E-state index is 5.71. The summed E-state index contributed by atoms with van der Waals surface area (Å²) in [5, 5.41) is 0. The van der Waals surface area contributed by atoms with E-state index in [1.165, 1.54) is 24.1 Å². The van der Waals surface area contributed by atoms with Gasteiger partial charge in [0.2, 0.25) is 0 Å². The van der Waals surface area contributed by atoms with Crippen LogP contribution in [0.2, 0.25) is 0 Å². The summed E-state index contributed by atoms with van der Waals surface area (Å²) < 4.78 is 0. The first-order valence-electron chi connectivity index (χ1n) is 7.12. The lowest BCUT2D eigenvalue weighted by molar-refractivity contribution is 0.0729. The first-order chi connectivity index (χ1) is 8.60. The van der Waals surface area contributed by atoms with Crippen LogP contribution < -0.4 is 5.73 Å². The number of benzene rings is 1. The molecule has 1 aliphatic rings. The van der Waals surface area contributed by atoms with E-state index in [2.05, 4.69) is 49.9 Å². The fraction of sp³-hybridized carbons (Fsp3) is 0.625. The molecule has 1 fully saturated rings. The average Bonchev–Trinajstić information content (AvgIpc) is 2.35. The summed E-state index contributed by atoms with van der Waals surface area (Å²) in [5.41, 5.74) is 8.34. The van der Waals surface area contributed by atoms with Crippen molar-refractivity contribution in [3.63, 3.8) is 0 Å². The molecule has 0 bridgehead atoms. The lowest BCUT2D eigenvalue weighted by atomic mass is 9.86. The minimum absolute atomic E-state index is 0.635. The molecule has 1 aromatic rings. The van der Waals surface area contributed by atoms with Crippen molar-refractivity contribution >= 4 is 0 Å². The zero-order valence-electron chi connectivity index (χ0n) is 11.9. The Kier molecular flexibility index (Phi) is 4.41. The molecule has 0 spiro atoms. The van der Waals surface area contributed by atoms with Crippen LogP contribution in [0, 0.1) is 11.8 Å². The van der Waals surface area contributed by atoms with Gasteiger partial charge in [-0.15, -0.1) is 0 Å². The van der Waals surface area contributed by atoms with Gasteiger partial charge < -0.3 is 5.73 Å². The minimum Gasteiger partial charge on any atom is -0.326 e. The Hall–Kier alpha value is -0.860. The standard InChI is InChI=1S/C16H26N2/c1-12-7-13(2)14(3)18(10-12)11-16-6-4-5-15(8-16)9-17/h4-6,8,12-14H,7,9-11,17H2,1-3H3. The normalized spacial score (nSPS) is 29.4. The van der Waals surface area contributed by atoms with E-state index in [1.807, 2.05) is 0 Å². The highest BCUT2D eigenvalue weighted by atomic mass is 15.2. The lowest BCUT2D eigenvalue weighted by Gasteiger charge is -2.41. The van der Waals surface area contributed by atoms with Gasteiger partial charge in [-0.25, -0.2) is 0 Å². The van der Waals surface area contributed by atoms with Crippen LogP contribution in [0.15, 0.2) is 24.3 Å². The third kappa shape index (κ3) is 3.12. The highest BCUT2D eigenvalue weighted by Crippen LogP contribution is 2.28. The molecule has 0 amide bonds. The van der Waals surface area contributed by atoms with Crippen molar-refractivity contribution in [2.45, 2.75) is 46.3 Å². The second-order valence-corrected chi connectivity index (χ2v) is 6.01. The molecule has 100 valence electrons. The Labute approximate surface area is 111 Å². The summed E-state index contributed by atoms with van der Waals surface area (Å²) in [6.07, 6.45) is 1.36. The first-order valence-corrected chi connectivity index (χ1v) is 7.12. The van der Waals surface area contributed by atoms with E-state index in [0.717, 1.165) is 18.4 Å². The van der Waals surface area contributed by atoms with Gasteiger partial charge in [-0.1, -0.05) is 38.1 Å². The van der Waals surface area contributed by atoms with Crippen LogP contribution in [0.5, 0.6) is 0 Å². The van der Waals surface area contributed by atoms with Crippen LogP contribution in [0.3, 0.4) is 0 Å². The van der Waals surface area contributed by atoms with E-state index in [9.17, 15) is 0 Å². The molecule has 18 heavy (non-hydrogen) atoms. The molecule has 0 saturated carbocycles. The van der Waals surface area contributed by atoms with Gasteiger partial charge in [-0.05, 0) is 36.3 Å². The fourth-order valence-electron chi connectivity index (χ4n) is 3.13. The highest BCUT2D eigenvalue weighted by Gasteiger charge is 2.28. The molecule has 1 heterocycles. The monoisotopic (exact) mass is 246 g/mol. The predicted molar refractivity (Wildman–Crippen MR) is 77.2 cm³/mol. The van der Waals surface area contributed by atoms with Gasteiger partial charge in [0, 0.05) is 25.7 Å². The number of piperidine rings is 1. The van der Waals surface area contributed by atoms with E-state index < -0.39 is 0 Å². The van der Waals surface area contributed by atoms with Crippen molar-refractivity contribution in [1.29, 1.82) is 0 Å². The molecule has 3 atom stereocenters. The number of nitrogens with two attached hydrogens (primary N) is 1. The molecule has 2 heteroatoms. The van der Waals surface area contributed by atoms with Gasteiger partial charge in [-0.3, -0.25) is 4.90 Å².